The van der Waals surface area contributed by atoms with Crippen LogP contribution in [0.4, 0.5) is 9.18 Å². The van der Waals surface area contributed by atoms with Crippen LogP contribution in [0.15, 0.2) is 24.3 Å². The van der Waals surface area contributed by atoms with Crippen molar-refractivity contribution < 1.29 is 14.3 Å². The van der Waals surface area contributed by atoms with Crippen LogP contribution >= 0.6 is 0 Å². The van der Waals surface area contributed by atoms with Crippen LogP contribution in [0.3, 0.4) is 0 Å². The van der Waals surface area contributed by atoms with Gasteiger partial charge in [-0.05, 0) is 24.6 Å². The summed E-state index contributed by atoms with van der Waals surface area (Å²) in [6.45, 7) is 2.02. The highest BCUT2D eigenvalue weighted by Gasteiger charge is 2.02. The zero-order valence-corrected chi connectivity index (χ0v) is 9.03. The summed E-state index contributed by atoms with van der Waals surface area (Å²) in [5, 5.41) is 14.0. The summed E-state index contributed by atoms with van der Waals surface area (Å²) in [7, 11) is 0. The molecule has 4 nitrogen and oxygen atoms in total. The average Bonchev–Trinajstić information content (AvgIpc) is 2.23. The Morgan fingerprint density at radius 1 is 1.50 bits per heavy atom. The van der Waals surface area contributed by atoms with Crippen LogP contribution in [0.2, 0.25) is 0 Å². The number of hydrogen-bond donors (Lipinski definition) is 3. The van der Waals surface area contributed by atoms with Crippen molar-refractivity contribution in [3.05, 3.63) is 35.6 Å². The fourth-order valence-corrected chi connectivity index (χ4v) is 1.13. The molecule has 16 heavy (non-hydrogen) atoms. The Balaban J connectivity index is 2.31. The van der Waals surface area contributed by atoms with Gasteiger partial charge >= 0.3 is 6.03 Å². The fourth-order valence-electron chi connectivity index (χ4n) is 1.13. The number of halogens is 1. The monoisotopic (exact) mass is 226 g/mol. The summed E-state index contributed by atoms with van der Waals surface area (Å²) in [4.78, 5) is 11.2. The van der Waals surface area contributed by atoms with Gasteiger partial charge in [0.25, 0.3) is 0 Å². The predicted octanol–water partition coefficient (Wildman–Crippen LogP) is 1.01. The van der Waals surface area contributed by atoms with Gasteiger partial charge in [0, 0.05) is 13.1 Å². The number of carbonyl (C=O) groups is 1. The maximum absolute atomic E-state index is 12.8. The zero-order chi connectivity index (χ0) is 12.0. The van der Waals surface area contributed by atoms with E-state index in [0.717, 1.165) is 0 Å². The summed E-state index contributed by atoms with van der Waals surface area (Å²) in [6.07, 6.45) is -0.583. The number of amides is 2. The van der Waals surface area contributed by atoms with E-state index in [1.807, 2.05) is 0 Å². The molecule has 88 valence electrons. The van der Waals surface area contributed by atoms with Crippen LogP contribution in [0.5, 0.6) is 0 Å². The largest absolute Gasteiger partial charge is 0.392 e. The number of benzene rings is 1. The number of aliphatic hydroxyl groups excluding tert-OH is 1. The highest BCUT2D eigenvalue weighted by atomic mass is 19.1. The summed E-state index contributed by atoms with van der Waals surface area (Å²) >= 11 is 0. The molecule has 1 unspecified atom stereocenters. The number of urea groups is 1. The lowest BCUT2D eigenvalue weighted by Gasteiger charge is -2.08. The highest BCUT2D eigenvalue weighted by Crippen LogP contribution is 2.02. The number of rotatable bonds is 4. The normalized spacial score (nSPS) is 11.9. The smallest absolute Gasteiger partial charge is 0.315 e. The summed E-state index contributed by atoms with van der Waals surface area (Å²) in [5.41, 5.74) is 0.687. The Labute approximate surface area is 93.5 Å². The van der Waals surface area contributed by atoms with Crippen LogP contribution in [0.25, 0.3) is 0 Å². The van der Waals surface area contributed by atoms with Gasteiger partial charge in [-0.25, -0.2) is 9.18 Å². The molecule has 5 heteroatoms. The van der Waals surface area contributed by atoms with Crippen molar-refractivity contribution in [2.24, 2.45) is 0 Å². The minimum absolute atomic E-state index is 0.189. The lowest BCUT2D eigenvalue weighted by Crippen LogP contribution is -2.38. The van der Waals surface area contributed by atoms with E-state index in [9.17, 15) is 9.18 Å². The van der Waals surface area contributed by atoms with E-state index in [1.165, 1.54) is 12.1 Å². The number of hydrogen-bond acceptors (Lipinski definition) is 2. The summed E-state index contributed by atoms with van der Waals surface area (Å²) in [5.74, 6) is -0.330. The standard InChI is InChI=1S/C11H15FN2O2/c1-8(15)6-13-11(16)14-7-9-3-2-4-10(12)5-9/h2-5,8,15H,6-7H2,1H3,(H2,13,14,16). The van der Waals surface area contributed by atoms with Crippen molar-refractivity contribution in [1.82, 2.24) is 10.6 Å². The summed E-state index contributed by atoms with van der Waals surface area (Å²) < 4.78 is 12.8. The minimum Gasteiger partial charge on any atom is -0.392 e. The Morgan fingerprint density at radius 2 is 2.25 bits per heavy atom. The topological polar surface area (TPSA) is 61.4 Å². The molecule has 0 heterocycles. The zero-order valence-electron chi connectivity index (χ0n) is 9.03. The number of carbonyl (C=O) groups excluding carboxylic acids is 1. The van der Waals surface area contributed by atoms with Gasteiger partial charge in [-0.1, -0.05) is 12.1 Å². The molecule has 1 aromatic carbocycles. The second kappa shape index (κ2) is 6.07. The Hall–Kier alpha value is -1.62. The average molecular weight is 226 g/mol. The van der Waals surface area contributed by atoms with Crippen molar-refractivity contribution in [3.8, 4) is 0 Å². The molecule has 0 aliphatic heterocycles. The van der Waals surface area contributed by atoms with Crippen molar-refractivity contribution in [2.75, 3.05) is 6.54 Å². The summed E-state index contributed by atoms with van der Waals surface area (Å²) in [6, 6.07) is 5.62. The molecule has 0 fully saturated rings. The first-order valence-corrected chi connectivity index (χ1v) is 5.02. The molecule has 0 saturated heterocycles. The van der Waals surface area contributed by atoms with Gasteiger partial charge < -0.3 is 15.7 Å². The molecule has 0 aliphatic rings. The van der Waals surface area contributed by atoms with E-state index < -0.39 is 6.10 Å². The Bertz CT molecular complexity index is 356. The van der Waals surface area contributed by atoms with Crippen molar-refractivity contribution in [3.63, 3.8) is 0 Å². The molecular formula is C11H15FN2O2. The van der Waals surface area contributed by atoms with Crippen LogP contribution in [0.1, 0.15) is 12.5 Å². The van der Waals surface area contributed by atoms with Crippen LogP contribution in [0, 0.1) is 5.82 Å². The molecule has 0 spiro atoms. The SMILES string of the molecule is CC(O)CNC(=O)NCc1cccc(F)c1. The van der Waals surface area contributed by atoms with Gasteiger partial charge in [-0.2, -0.15) is 0 Å². The van der Waals surface area contributed by atoms with E-state index in [-0.39, 0.29) is 24.9 Å². The quantitative estimate of drug-likeness (QED) is 0.717. The second-order valence-corrected chi connectivity index (χ2v) is 3.54. The molecule has 0 aliphatic carbocycles. The van der Waals surface area contributed by atoms with Gasteiger partial charge in [-0.15, -0.1) is 0 Å². The fraction of sp³-hybridized carbons (Fsp3) is 0.364. The van der Waals surface area contributed by atoms with E-state index >= 15 is 0 Å². The second-order valence-electron chi connectivity index (χ2n) is 3.54. The Kier molecular flexibility index (Phi) is 4.72. The van der Waals surface area contributed by atoms with Gasteiger partial charge in [-0.3, -0.25) is 0 Å². The molecule has 2 amide bonds. The highest BCUT2D eigenvalue weighted by molar-refractivity contribution is 5.73. The third-order valence-electron chi connectivity index (χ3n) is 1.90. The molecule has 1 aromatic rings. The van der Waals surface area contributed by atoms with Crippen LogP contribution < -0.4 is 10.6 Å². The van der Waals surface area contributed by atoms with Crippen LogP contribution in [-0.4, -0.2) is 23.8 Å². The molecule has 1 atom stereocenters. The first-order chi connectivity index (χ1) is 7.58. The van der Waals surface area contributed by atoms with Gasteiger partial charge in [0.1, 0.15) is 5.82 Å². The number of nitrogens with one attached hydrogen (secondary N) is 2. The predicted molar refractivity (Wildman–Crippen MR) is 58.3 cm³/mol. The van der Waals surface area contributed by atoms with Gasteiger partial charge in [0.2, 0.25) is 0 Å². The molecular weight excluding hydrogens is 211 g/mol. The first-order valence-electron chi connectivity index (χ1n) is 5.02. The van der Waals surface area contributed by atoms with Gasteiger partial charge in [0.15, 0.2) is 0 Å². The lowest BCUT2D eigenvalue weighted by molar-refractivity contribution is 0.187. The first kappa shape index (κ1) is 12.4. The lowest BCUT2D eigenvalue weighted by atomic mass is 10.2. The van der Waals surface area contributed by atoms with E-state index in [1.54, 1.807) is 19.1 Å². The van der Waals surface area contributed by atoms with Gasteiger partial charge in [0.05, 0.1) is 6.10 Å². The third-order valence-corrected chi connectivity index (χ3v) is 1.90. The van der Waals surface area contributed by atoms with E-state index in [2.05, 4.69) is 10.6 Å². The van der Waals surface area contributed by atoms with Crippen molar-refractivity contribution >= 4 is 6.03 Å². The minimum atomic E-state index is -0.583. The molecule has 0 aromatic heterocycles. The van der Waals surface area contributed by atoms with Crippen molar-refractivity contribution in [2.45, 2.75) is 19.6 Å². The molecule has 0 bridgehead atoms. The number of aliphatic hydroxyl groups is 1. The third kappa shape index (κ3) is 4.75. The maximum atomic E-state index is 12.8. The molecule has 3 N–H and O–H groups in total. The molecule has 1 rings (SSSR count). The van der Waals surface area contributed by atoms with E-state index in [4.69, 9.17) is 5.11 Å². The molecule has 0 radical (unpaired) electrons. The van der Waals surface area contributed by atoms with Crippen molar-refractivity contribution in [1.29, 1.82) is 0 Å². The molecule has 0 saturated carbocycles. The Morgan fingerprint density at radius 3 is 2.88 bits per heavy atom. The van der Waals surface area contributed by atoms with Crippen LogP contribution in [-0.2, 0) is 6.54 Å². The van der Waals surface area contributed by atoms with E-state index in [0.29, 0.717) is 5.56 Å². The maximum Gasteiger partial charge on any atom is 0.315 e.